The molecule has 0 spiro atoms. The Balaban J connectivity index is 3.86. The number of ether oxygens (including phenoxy) is 2. The van der Waals surface area contributed by atoms with E-state index in [2.05, 4.69) is 16.1 Å². The normalized spacial score (nSPS) is 9.38. The van der Waals surface area contributed by atoms with Crippen molar-refractivity contribution in [3.8, 4) is 0 Å². The topological polar surface area (TPSA) is 52.6 Å². The highest BCUT2D eigenvalue weighted by atomic mass is 16.5. The summed E-state index contributed by atoms with van der Waals surface area (Å²) in [5, 5.41) is 0. The van der Waals surface area contributed by atoms with E-state index in [-0.39, 0.29) is 24.4 Å². The van der Waals surface area contributed by atoms with Crippen LogP contribution in [0, 0.1) is 0 Å². The van der Waals surface area contributed by atoms with Crippen molar-refractivity contribution < 1.29 is 19.1 Å². The summed E-state index contributed by atoms with van der Waals surface area (Å²) in [6.45, 7) is 5.44. The average molecular weight is 186 g/mol. The maximum Gasteiger partial charge on any atom is 0.310 e. The molecule has 0 aromatic carbocycles. The predicted molar refractivity (Wildman–Crippen MR) is 47.3 cm³/mol. The van der Waals surface area contributed by atoms with Crippen LogP contribution in [0.15, 0.2) is 12.2 Å². The van der Waals surface area contributed by atoms with E-state index in [1.807, 2.05) is 0 Å². The van der Waals surface area contributed by atoms with Gasteiger partial charge in [0.1, 0.15) is 6.61 Å². The largest absolute Gasteiger partial charge is 0.466 e. The Morgan fingerprint density at radius 1 is 1.38 bits per heavy atom. The first-order valence-electron chi connectivity index (χ1n) is 3.97. The minimum Gasteiger partial charge on any atom is -0.466 e. The molecule has 0 aromatic rings. The zero-order valence-corrected chi connectivity index (χ0v) is 7.96. The van der Waals surface area contributed by atoms with Crippen molar-refractivity contribution in [2.75, 3.05) is 20.3 Å². The van der Waals surface area contributed by atoms with Gasteiger partial charge in [0.05, 0.1) is 13.0 Å². The fraction of sp³-hybridized carbons (Fsp3) is 0.556. The van der Waals surface area contributed by atoms with Gasteiger partial charge in [-0.25, -0.2) is 0 Å². The van der Waals surface area contributed by atoms with Gasteiger partial charge in [-0.15, -0.1) is 0 Å². The second-order valence-electron chi connectivity index (χ2n) is 2.44. The quantitative estimate of drug-likeness (QED) is 0.453. The first-order chi connectivity index (χ1) is 6.11. The third-order valence-electron chi connectivity index (χ3n) is 1.33. The van der Waals surface area contributed by atoms with Crippen molar-refractivity contribution in [3.05, 3.63) is 12.2 Å². The number of hydrogen-bond acceptors (Lipinski definition) is 4. The summed E-state index contributed by atoms with van der Waals surface area (Å²) >= 11 is 0. The molecule has 0 aliphatic heterocycles. The highest BCUT2D eigenvalue weighted by Gasteiger charge is 2.11. The lowest BCUT2D eigenvalue weighted by molar-refractivity contribution is -0.142. The third kappa shape index (κ3) is 5.14. The van der Waals surface area contributed by atoms with E-state index in [0.29, 0.717) is 6.61 Å². The second-order valence-corrected chi connectivity index (χ2v) is 2.44. The van der Waals surface area contributed by atoms with E-state index in [9.17, 15) is 9.59 Å². The molecule has 74 valence electrons. The Bertz CT molecular complexity index is 208. The van der Waals surface area contributed by atoms with Crippen LogP contribution in [0.2, 0.25) is 0 Å². The maximum atomic E-state index is 11.1. The van der Waals surface area contributed by atoms with Crippen molar-refractivity contribution >= 4 is 11.8 Å². The number of esters is 1. The Morgan fingerprint density at radius 3 is 2.46 bits per heavy atom. The van der Waals surface area contributed by atoms with Crippen molar-refractivity contribution in [1.29, 1.82) is 0 Å². The van der Waals surface area contributed by atoms with Crippen LogP contribution < -0.4 is 0 Å². The lowest BCUT2D eigenvalue weighted by Gasteiger charge is -2.03. The molecule has 0 fully saturated rings. The first-order valence-corrected chi connectivity index (χ1v) is 3.97. The maximum absolute atomic E-state index is 11.1. The minimum atomic E-state index is -0.433. The van der Waals surface area contributed by atoms with Crippen LogP contribution in [0.3, 0.4) is 0 Å². The molecule has 0 atom stereocenters. The summed E-state index contributed by atoms with van der Waals surface area (Å²) in [6.07, 6.45) is -0.0595. The van der Waals surface area contributed by atoms with Crippen LogP contribution >= 0.6 is 0 Å². The van der Waals surface area contributed by atoms with Crippen LogP contribution in [0.4, 0.5) is 0 Å². The molecule has 0 aromatic heterocycles. The molecule has 0 aliphatic rings. The van der Waals surface area contributed by atoms with Crippen LogP contribution in [-0.4, -0.2) is 32.1 Å². The molecule has 13 heavy (non-hydrogen) atoms. The summed E-state index contributed by atoms with van der Waals surface area (Å²) in [5.41, 5.74) is 0.223. The molecule has 0 N–H and O–H groups in total. The van der Waals surface area contributed by atoms with Crippen LogP contribution in [0.1, 0.15) is 13.3 Å². The molecule has 0 heterocycles. The highest BCUT2D eigenvalue weighted by Crippen LogP contribution is 2.01. The number of methoxy groups -OCH3 is 1. The van der Waals surface area contributed by atoms with Crippen molar-refractivity contribution in [3.63, 3.8) is 0 Å². The molecule has 4 nitrogen and oxygen atoms in total. The monoisotopic (exact) mass is 186 g/mol. The highest BCUT2D eigenvalue weighted by molar-refractivity contribution is 5.99. The fourth-order valence-corrected chi connectivity index (χ4v) is 0.718. The van der Waals surface area contributed by atoms with Gasteiger partial charge in [0.2, 0.25) is 0 Å². The Kier molecular flexibility index (Phi) is 5.80. The molecule has 0 rings (SSSR count). The van der Waals surface area contributed by atoms with Crippen molar-refractivity contribution in [2.24, 2.45) is 0 Å². The molecule has 0 bridgehead atoms. The number of carbonyl (C=O) groups excluding carboxylic acids is 2. The first kappa shape index (κ1) is 11.8. The Hall–Kier alpha value is -1.16. The van der Waals surface area contributed by atoms with Crippen molar-refractivity contribution in [1.82, 2.24) is 0 Å². The number of ketones is 1. The summed E-state index contributed by atoms with van der Waals surface area (Å²) < 4.78 is 9.25. The second kappa shape index (κ2) is 6.37. The molecule has 4 heteroatoms. The molecule has 0 radical (unpaired) electrons. The third-order valence-corrected chi connectivity index (χ3v) is 1.33. The van der Waals surface area contributed by atoms with E-state index in [4.69, 9.17) is 0 Å². The average Bonchev–Trinajstić information content (AvgIpc) is 2.05. The summed E-state index contributed by atoms with van der Waals surface area (Å²) in [5.74, 6) is -0.701. The predicted octanol–water partition coefficient (Wildman–Crippen LogP) is 0.711. The van der Waals surface area contributed by atoms with Gasteiger partial charge in [0.25, 0.3) is 0 Å². The molecule has 0 saturated heterocycles. The van der Waals surface area contributed by atoms with Gasteiger partial charge in [-0.1, -0.05) is 6.58 Å². The van der Waals surface area contributed by atoms with Crippen LogP contribution in [0.25, 0.3) is 0 Å². The van der Waals surface area contributed by atoms with E-state index in [1.54, 1.807) is 6.92 Å². The zero-order chi connectivity index (χ0) is 10.3. The van der Waals surface area contributed by atoms with Gasteiger partial charge < -0.3 is 9.47 Å². The molecule has 0 unspecified atom stereocenters. The molecular formula is C9H14O4. The van der Waals surface area contributed by atoms with Gasteiger partial charge in [0, 0.05) is 12.7 Å². The summed E-state index contributed by atoms with van der Waals surface area (Å²) in [4.78, 5) is 21.9. The van der Waals surface area contributed by atoms with E-state index < -0.39 is 5.97 Å². The van der Waals surface area contributed by atoms with Gasteiger partial charge >= 0.3 is 5.97 Å². The summed E-state index contributed by atoms with van der Waals surface area (Å²) in [7, 11) is 1.41. The molecule has 0 amide bonds. The van der Waals surface area contributed by atoms with Crippen LogP contribution in [0.5, 0.6) is 0 Å². The molecular weight excluding hydrogens is 172 g/mol. The lowest BCUT2D eigenvalue weighted by Crippen LogP contribution is -2.13. The number of Topliss-reactive ketones (excluding diaryl/α,β-unsaturated/α-hetero) is 1. The van der Waals surface area contributed by atoms with E-state index in [1.165, 1.54) is 7.11 Å². The van der Waals surface area contributed by atoms with Gasteiger partial charge in [-0.2, -0.15) is 0 Å². The van der Waals surface area contributed by atoms with Gasteiger partial charge in [0.15, 0.2) is 5.78 Å². The standard InChI is InChI=1S/C9H14O4/c1-4-13-9(11)5-7(2)8(10)6-12-3/h2,4-6H2,1,3H3. The summed E-state index contributed by atoms with van der Waals surface area (Å²) in [6, 6.07) is 0. The number of rotatable bonds is 6. The Labute approximate surface area is 77.5 Å². The minimum absolute atomic E-state index is 0.0434. The fourth-order valence-electron chi connectivity index (χ4n) is 0.718. The SMILES string of the molecule is C=C(CC(=O)OCC)C(=O)COC. The van der Waals surface area contributed by atoms with E-state index >= 15 is 0 Å². The number of carbonyl (C=O) groups is 2. The Morgan fingerprint density at radius 2 is 2.00 bits per heavy atom. The smallest absolute Gasteiger partial charge is 0.310 e. The molecule has 0 aliphatic carbocycles. The molecule has 0 saturated carbocycles. The number of hydrogen-bond donors (Lipinski definition) is 0. The zero-order valence-electron chi connectivity index (χ0n) is 7.96. The lowest BCUT2D eigenvalue weighted by atomic mass is 10.1. The van der Waals surface area contributed by atoms with Gasteiger partial charge in [-0.05, 0) is 6.92 Å². The van der Waals surface area contributed by atoms with E-state index in [0.717, 1.165) is 0 Å². The van der Waals surface area contributed by atoms with Crippen molar-refractivity contribution in [2.45, 2.75) is 13.3 Å². The van der Waals surface area contributed by atoms with Crippen LogP contribution in [-0.2, 0) is 19.1 Å². The van der Waals surface area contributed by atoms with Gasteiger partial charge in [-0.3, -0.25) is 9.59 Å².